The van der Waals surface area contributed by atoms with Crippen LogP contribution in [-0.2, 0) is 38.3 Å². The summed E-state index contributed by atoms with van der Waals surface area (Å²) >= 11 is 0. The molecule has 0 bridgehead atoms. The van der Waals surface area contributed by atoms with Gasteiger partial charge in [0.05, 0.1) is 19.8 Å². The number of esters is 1. The smallest absolute Gasteiger partial charge is 0.397 e. The lowest BCUT2D eigenvalue weighted by Crippen LogP contribution is -2.60. The molecular formula is C42H78O12S. The summed E-state index contributed by atoms with van der Waals surface area (Å²) in [6.07, 6.45) is 27.8. The molecule has 324 valence electrons. The minimum absolute atomic E-state index is 0.0320. The average molecular weight is 807 g/mol. The topological polar surface area (TPSA) is 178 Å². The van der Waals surface area contributed by atoms with E-state index in [0.29, 0.717) is 13.0 Å². The van der Waals surface area contributed by atoms with Gasteiger partial charge in [-0.15, -0.1) is 0 Å². The molecule has 4 N–H and O–H groups in total. The Hall–Kier alpha value is -1.42. The molecule has 0 radical (unpaired) electrons. The number of aliphatic hydroxyl groups is 3. The first-order chi connectivity index (χ1) is 26.6. The second-order valence-electron chi connectivity index (χ2n) is 14.9. The molecule has 0 aromatic rings. The second-order valence-corrected chi connectivity index (χ2v) is 16.0. The molecule has 1 aliphatic rings. The first-order valence-electron chi connectivity index (χ1n) is 21.6. The second kappa shape index (κ2) is 34.6. The van der Waals surface area contributed by atoms with E-state index in [1.54, 1.807) is 0 Å². The maximum Gasteiger partial charge on any atom is 0.397 e. The van der Waals surface area contributed by atoms with Crippen LogP contribution in [0.15, 0.2) is 24.3 Å². The first kappa shape index (κ1) is 51.6. The third kappa shape index (κ3) is 28.6. The highest BCUT2D eigenvalue weighted by Gasteiger charge is 2.48. The summed E-state index contributed by atoms with van der Waals surface area (Å²) in [6, 6.07) is 0. The van der Waals surface area contributed by atoms with Crippen LogP contribution in [0.1, 0.15) is 174 Å². The number of carbonyl (C=O) groups excluding carboxylic acids is 1. The fourth-order valence-electron chi connectivity index (χ4n) is 6.53. The van der Waals surface area contributed by atoms with Crippen molar-refractivity contribution in [1.29, 1.82) is 0 Å². The summed E-state index contributed by atoms with van der Waals surface area (Å²) in [4.78, 5) is 12.8. The molecular weight excluding hydrogens is 729 g/mol. The summed E-state index contributed by atoms with van der Waals surface area (Å²) in [5, 5.41) is 30.6. The standard InChI is InChI=1S/C42H78O12S/c1-3-5-7-9-11-13-15-17-18-19-20-22-24-26-28-30-32-50-34-36(52-38(44)31-29-27-25-23-21-16-14-12-10-8-6-4-2)35-51-42-40(46)41(54-55(47,48)49)39(45)37(33-43)53-42/h11,13,17-18,36-37,39-43,45-46H,3-10,12,14-16,19-35H2,1-2H3,(H,47,48,49)/b13-11-,18-17-. The van der Waals surface area contributed by atoms with Crippen molar-refractivity contribution in [2.45, 2.75) is 211 Å². The predicted octanol–water partition coefficient (Wildman–Crippen LogP) is 8.46. The van der Waals surface area contributed by atoms with Gasteiger partial charge in [-0.25, -0.2) is 4.18 Å². The minimum Gasteiger partial charge on any atom is -0.457 e. The number of rotatable bonds is 37. The number of ether oxygens (including phenoxy) is 4. The lowest BCUT2D eigenvalue weighted by molar-refractivity contribution is -0.301. The Morgan fingerprint density at radius 2 is 1.20 bits per heavy atom. The zero-order chi connectivity index (χ0) is 40.4. The number of carbonyl (C=O) groups is 1. The molecule has 1 heterocycles. The summed E-state index contributed by atoms with van der Waals surface area (Å²) in [6.45, 7) is 3.93. The Balaban J connectivity index is 2.46. The van der Waals surface area contributed by atoms with Crippen LogP contribution < -0.4 is 0 Å². The van der Waals surface area contributed by atoms with Gasteiger partial charge in [0, 0.05) is 13.0 Å². The van der Waals surface area contributed by atoms with Gasteiger partial charge in [-0.2, -0.15) is 8.42 Å². The third-order valence-corrected chi connectivity index (χ3v) is 10.3. The van der Waals surface area contributed by atoms with Crippen molar-refractivity contribution in [3.8, 4) is 0 Å². The highest BCUT2D eigenvalue weighted by Crippen LogP contribution is 2.26. The molecule has 0 aromatic heterocycles. The molecule has 1 rings (SSSR count). The molecule has 13 heteroatoms. The van der Waals surface area contributed by atoms with E-state index >= 15 is 0 Å². The number of allylic oxidation sites excluding steroid dienone is 4. The van der Waals surface area contributed by atoms with Gasteiger partial charge >= 0.3 is 16.4 Å². The molecule has 0 aromatic carbocycles. The molecule has 1 saturated heterocycles. The number of hydrogen-bond acceptors (Lipinski definition) is 11. The zero-order valence-corrected chi connectivity index (χ0v) is 35.1. The SMILES string of the molecule is CCCCC/C=C\C/C=C\CCCCCCCCOCC(COC1OC(CO)C(O)C(OS(=O)(=O)O)C1O)OC(=O)CCCCCCCCCCCCCC. The van der Waals surface area contributed by atoms with Crippen LogP contribution >= 0.6 is 0 Å². The Labute approximate surface area is 333 Å². The van der Waals surface area contributed by atoms with Crippen molar-refractivity contribution in [2.24, 2.45) is 0 Å². The van der Waals surface area contributed by atoms with Crippen molar-refractivity contribution in [2.75, 3.05) is 26.4 Å². The fraction of sp³-hybridized carbons (Fsp3) is 0.881. The van der Waals surface area contributed by atoms with Crippen LogP contribution in [0.25, 0.3) is 0 Å². The van der Waals surface area contributed by atoms with E-state index in [4.69, 9.17) is 23.5 Å². The summed E-state index contributed by atoms with van der Waals surface area (Å²) < 4.78 is 58.9. The number of hydrogen-bond donors (Lipinski definition) is 4. The van der Waals surface area contributed by atoms with Gasteiger partial charge in [0.25, 0.3) is 0 Å². The van der Waals surface area contributed by atoms with Gasteiger partial charge < -0.3 is 34.3 Å². The molecule has 6 atom stereocenters. The van der Waals surface area contributed by atoms with Gasteiger partial charge in [-0.05, 0) is 44.9 Å². The molecule has 1 aliphatic heterocycles. The lowest BCUT2D eigenvalue weighted by atomic mass is 9.99. The zero-order valence-electron chi connectivity index (χ0n) is 34.2. The largest absolute Gasteiger partial charge is 0.457 e. The summed E-state index contributed by atoms with van der Waals surface area (Å²) in [5.41, 5.74) is 0. The van der Waals surface area contributed by atoms with Crippen LogP contribution in [0, 0.1) is 0 Å². The molecule has 0 saturated carbocycles. The van der Waals surface area contributed by atoms with E-state index in [1.165, 1.54) is 89.9 Å². The van der Waals surface area contributed by atoms with Crippen molar-refractivity contribution < 1.29 is 56.2 Å². The van der Waals surface area contributed by atoms with E-state index < -0.39 is 59.8 Å². The van der Waals surface area contributed by atoms with E-state index in [1.807, 2.05) is 0 Å². The van der Waals surface area contributed by atoms with Crippen molar-refractivity contribution in [3.05, 3.63) is 24.3 Å². The Morgan fingerprint density at radius 3 is 1.76 bits per heavy atom. The van der Waals surface area contributed by atoms with Gasteiger partial charge in [0.1, 0.15) is 30.5 Å². The predicted molar refractivity (Wildman–Crippen MR) is 216 cm³/mol. The Bertz CT molecular complexity index is 1070. The van der Waals surface area contributed by atoms with Crippen LogP contribution in [0.4, 0.5) is 0 Å². The first-order valence-corrected chi connectivity index (χ1v) is 23.0. The Morgan fingerprint density at radius 1 is 0.691 bits per heavy atom. The van der Waals surface area contributed by atoms with Crippen LogP contribution in [-0.4, -0.2) is 97.5 Å². The third-order valence-electron chi connectivity index (χ3n) is 9.83. The van der Waals surface area contributed by atoms with Gasteiger partial charge in [0.15, 0.2) is 6.29 Å². The van der Waals surface area contributed by atoms with Crippen LogP contribution in [0.5, 0.6) is 0 Å². The maximum atomic E-state index is 12.8. The van der Waals surface area contributed by atoms with Gasteiger partial charge in [-0.1, -0.05) is 147 Å². The molecule has 0 amide bonds. The molecule has 0 aliphatic carbocycles. The van der Waals surface area contributed by atoms with Crippen molar-refractivity contribution in [1.82, 2.24) is 0 Å². The number of aliphatic hydroxyl groups excluding tert-OH is 3. The normalized spacial score (nSPS) is 21.2. The lowest BCUT2D eigenvalue weighted by Gasteiger charge is -2.41. The molecule has 55 heavy (non-hydrogen) atoms. The Kier molecular flexibility index (Phi) is 32.5. The van der Waals surface area contributed by atoms with E-state index in [2.05, 4.69) is 42.3 Å². The monoisotopic (exact) mass is 807 g/mol. The minimum atomic E-state index is -5.06. The van der Waals surface area contributed by atoms with Crippen LogP contribution in [0.3, 0.4) is 0 Å². The summed E-state index contributed by atoms with van der Waals surface area (Å²) in [5.74, 6) is -0.403. The van der Waals surface area contributed by atoms with Crippen molar-refractivity contribution in [3.63, 3.8) is 0 Å². The number of unbranched alkanes of at least 4 members (excludes halogenated alkanes) is 20. The highest BCUT2D eigenvalue weighted by molar-refractivity contribution is 7.80. The maximum absolute atomic E-state index is 12.8. The molecule has 6 unspecified atom stereocenters. The highest BCUT2D eigenvalue weighted by atomic mass is 32.3. The quantitative estimate of drug-likeness (QED) is 0.0204. The van der Waals surface area contributed by atoms with E-state index in [0.717, 1.165) is 57.8 Å². The van der Waals surface area contributed by atoms with Gasteiger partial charge in [0.2, 0.25) is 0 Å². The molecule has 0 spiro atoms. The van der Waals surface area contributed by atoms with E-state index in [-0.39, 0.29) is 19.6 Å². The fourth-order valence-corrected chi connectivity index (χ4v) is 7.03. The van der Waals surface area contributed by atoms with E-state index in [9.17, 15) is 28.5 Å². The molecule has 12 nitrogen and oxygen atoms in total. The van der Waals surface area contributed by atoms with Crippen molar-refractivity contribution >= 4 is 16.4 Å². The molecule has 1 fully saturated rings. The van der Waals surface area contributed by atoms with Crippen LogP contribution in [0.2, 0.25) is 0 Å². The summed E-state index contributed by atoms with van der Waals surface area (Å²) in [7, 11) is -5.06. The van der Waals surface area contributed by atoms with Gasteiger partial charge in [-0.3, -0.25) is 9.35 Å². The average Bonchev–Trinajstić information content (AvgIpc) is 3.15.